The van der Waals surface area contributed by atoms with Gasteiger partial charge in [-0.3, -0.25) is 4.79 Å². The molecule has 0 spiro atoms. The van der Waals surface area contributed by atoms with Crippen molar-refractivity contribution in [2.24, 2.45) is 0 Å². The minimum absolute atomic E-state index is 0.0472. The van der Waals surface area contributed by atoms with Gasteiger partial charge in [0.2, 0.25) is 0 Å². The molecule has 0 unspecified atom stereocenters. The molecule has 0 saturated heterocycles. The molecule has 1 heterocycles. The Balaban J connectivity index is 2.58. The Kier molecular flexibility index (Phi) is 1.92. The van der Waals surface area contributed by atoms with Gasteiger partial charge in [0.05, 0.1) is 5.69 Å². The minimum Gasteiger partial charge on any atom is -0.294 e. The summed E-state index contributed by atoms with van der Waals surface area (Å²) in [4.78, 5) is 15.2. The number of aryl methyl sites for hydroxylation is 1. The van der Waals surface area contributed by atoms with E-state index in [2.05, 4.69) is 4.98 Å². The summed E-state index contributed by atoms with van der Waals surface area (Å²) in [6.45, 7) is 0. The molecule has 1 aliphatic carbocycles. The second-order valence-corrected chi connectivity index (χ2v) is 5.30. The molecule has 2 rings (SSSR count). The normalized spacial score (nSPS) is 15.6. The van der Waals surface area contributed by atoms with Crippen LogP contribution in [0.3, 0.4) is 0 Å². The molecular formula is C9H9NO3S. The van der Waals surface area contributed by atoms with Crippen LogP contribution in [0.2, 0.25) is 0 Å². The smallest absolute Gasteiger partial charge is 0.192 e. The molecule has 1 aliphatic rings. The summed E-state index contributed by atoms with van der Waals surface area (Å²) in [7, 11) is -3.26. The van der Waals surface area contributed by atoms with E-state index in [0.717, 1.165) is 6.26 Å². The summed E-state index contributed by atoms with van der Waals surface area (Å²) >= 11 is 0. The lowest BCUT2D eigenvalue weighted by Crippen LogP contribution is -2.03. The maximum atomic E-state index is 11.2. The van der Waals surface area contributed by atoms with Crippen molar-refractivity contribution in [1.82, 2.24) is 4.98 Å². The Morgan fingerprint density at radius 1 is 1.29 bits per heavy atom. The number of carbonyl (C=O) groups is 1. The van der Waals surface area contributed by atoms with Crippen LogP contribution in [0.25, 0.3) is 0 Å². The van der Waals surface area contributed by atoms with Gasteiger partial charge in [0, 0.05) is 18.2 Å². The lowest BCUT2D eigenvalue weighted by atomic mass is 10.2. The summed E-state index contributed by atoms with van der Waals surface area (Å²) in [5.41, 5.74) is 1.18. The number of rotatable bonds is 1. The van der Waals surface area contributed by atoms with Crippen molar-refractivity contribution in [3.63, 3.8) is 0 Å². The third-order valence-corrected chi connectivity index (χ3v) is 3.20. The van der Waals surface area contributed by atoms with E-state index in [9.17, 15) is 13.2 Å². The third kappa shape index (κ3) is 1.43. The molecule has 0 atom stereocenters. The van der Waals surface area contributed by atoms with Crippen LogP contribution in [0.15, 0.2) is 17.2 Å². The Morgan fingerprint density at radius 2 is 2.00 bits per heavy atom. The Bertz CT molecular complexity index is 505. The lowest BCUT2D eigenvalue weighted by molar-refractivity contribution is 0.0994. The average Bonchev–Trinajstić information content (AvgIpc) is 2.46. The molecule has 5 heteroatoms. The molecule has 0 bridgehead atoms. The van der Waals surface area contributed by atoms with Gasteiger partial charge in [-0.15, -0.1) is 0 Å². The molecule has 0 saturated carbocycles. The Labute approximate surface area is 81.9 Å². The summed E-state index contributed by atoms with van der Waals surface area (Å²) in [5, 5.41) is 0.0472. The van der Waals surface area contributed by atoms with Gasteiger partial charge >= 0.3 is 0 Å². The van der Waals surface area contributed by atoms with Gasteiger partial charge in [-0.2, -0.15) is 0 Å². The number of hydrogen-bond acceptors (Lipinski definition) is 4. The highest BCUT2D eigenvalue weighted by Gasteiger charge is 2.22. The van der Waals surface area contributed by atoms with Crippen LogP contribution in [0.5, 0.6) is 0 Å². The van der Waals surface area contributed by atoms with Crippen LogP contribution in [-0.4, -0.2) is 25.4 Å². The van der Waals surface area contributed by atoms with Crippen molar-refractivity contribution in [2.45, 2.75) is 17.9 Å². The van der Waals surface area contributed by atoms with Crippen molar-refractivity contribution in [3.8, 4) is 0 Å². The van der Waals surface area contributed by atoms with Crippen LogP contribution in [0.4, 0.5) is 0 Å². The van der Waals surface area contributed by atoms with E-state index in [1.54, 1.807) is 6.07 Å². The molecule has 1 aromatic rings. The van der Waals surface area contributed by atoms with E-state index in [1.807, 2.05) is 0 Å². The quantitative estimate of drug-likeness (QED) is 0.682. The van der Waals surface area contributed by atoms with E-state index < -0.39 is 9.84 Å². The standard InChI is InChI=1S/C9H9NO3S/c1-14(12,13)9-5-2-6-7(10-9)3-4-8(6)11/h2,5H,3-4H2,1H3. The molecule has 0 radical (unpaired) electrons. The number of carbonyl (C=O) groups excluding carboxylic acids is 1. The van der Waals surface area contributed by atoms with Crippen LogP contribution in [0.1, 0.15) is 22.5 Å². The first-order valence-electron chi connectivity index (χ1n) is 4.21. The van der Waals surface area contributed by atoms with Gasteiger partial charge in [-0.1, -0.05) is 0 Å². The van der Waals surface area contributed by atoms with E-state index in [4.69, 9.17) is 0 Å². The molecule has 14 heavy (non-hydrogen) atoms. The number of Topliss-reactive ketones (excluding diaryl/α,β-unsaturated/α-hetero) is 1. The van der Waals surface area contributed by atoms with Gasteiger partial charge in [0.1, 0.15) is 0 Å². The van der Waals surface area contributed by atoms with E-state index in [1.165, 1.54) is 6.07 Å². The van der Waals surface area contributed by atoms with Crippen LogP contribution in [-0.2, 0) is 16.3 Å². The number of nitrogens with zero attached hydrogens (tertiary/aromatic N) is 1. The number of fused-ring (bicyclic) bond motifs is 1. The SMILES string of the molecule is CS(=O)(=O)c1ccc2c(n1)CCC2=O. The highest BCUT2D eigenvalue weighted by Crippen LogP contribution is 2.21. The molecule has 1 aromatic heterocycles. The summed E-state index contributed by atoms with van der Waals surface area (Å²) in [6.07, 6.45) is 2.10. The summed E-state index contributed by atoms with van der Waals surface area (Å²) in [6, 6.07) is 2.94. The van der Waals surface area contributed by atoms with Crippen LogP contribution < -0.4 is 0 Å². The van der Waals surface area contributed by atoms with Crippen molar-refractivity contribution in [2.75, 3.05) is 6.26 Å². The largest absolute Gasteiger partial charge is 0.294 e. The minimum atomic E-state index is -3.26. The predicted octanol–water partition coefficient (Wildman–Crippen LogP) is 0.614. The third-order valence-electron chi connectivity index (χ3n) is 2.22. The second kappa shape index (κ2) is 2.88. The zero-order valence-electron chi connectivity index (χ0n) is 7.65. The fraction of sp³-hybridized carbons (Fsp3) is 0.333. The Morgan fingerprint density at radius 3 is 2.64 bits per heavy atom. The van der Waals surface area contributed by atoms with Crippen LogP contribution >= 0.6 is 0 Å². The molecule has 0 aliphatic heterocycles. The van der Waals surface area contributed by atoms with E-state index >= 15 is 0 Å². The fourth-order valence-corrected chi connectivity index (χ4v) is 2.09. The van der Waals surface area contributed by atoms with Crippen molar-refractivity contribution in [3.05, 3.63) is 23.4 Å². The van der Waals surface area contributed by atoms with Crippen molar-refractivity contribution >= 4 is 15.6 Å². The first kappa shape index (κ1) is 9.33. The highest BCUT2D eigenvalue weighted by molar-refractivity contribution is 7.90. The van der Waals surface area contributed by atoms with E-state index in [0.29, 0.717) is 24.1 Å². The fourth-order valence-electron chi connectivity index (χ4n) is 1.50. The topological polar surface area (TPSA) is 64.1 Å². The van der Waals surface area contributed by atoms with Gasteiger partial charge in [0.15, 0.2) is 20.6 Å². The molecule has 0 fully saturated rings. The molecule has 0 N–H and O–H groups in total. The van der Waals surface area contributed by atoms with Gasteiger partial charge in [-0.05, 0) is 18.6 Å². The lowest BCUT2D eigenvalue weighted by Gasteiger charge is -2.00. The number of hydrogen-bond donors (Lipinski definition) is 0. The number of aromatic nitrogens is 1. The Hall–Kier alpha value is -1.23. The van der Waals surface area contributed by atoms with E-state index in [-0.39, 0.29) is 10.8 Å². The predicted molar refractivity (Wildman–Crippen MR) is 50.0 cm³/mol. The van der Waals surface area contributed by atoms with Gasteiger partial charge < -0.3 is 0 Å². The number of pyridine rings is 1. The monoisotopic (exact) mass is 211 g/mol. The summed E-state index contributed by atoms with van der Waals surface area (Å²) < 4.78 is 22.3. The maximum absolute atomic E-state index is 11.2. The first-order valence-corrected chi connectivity index (χ1v) is 6.11. The molecule has 0 aromatic carbocycles. The maximum Gasteiger partial charge on any atom is 0.192 e. The zero-order valence-corrected chi connectivity index (χ0v) is 8.47. The number of sulfone groups is 1. The second-order valence-electron chi connectivity index (χ2n) is 3.34. The van der Waals surface area contributed by atoms with Gasteiger partial charge in [-0.25, -0.2) is 13.4 Å². The molecular weight excluding hydrogens is 202 g/mol. The zero-order chi connectivity index (χ0) is 10.3. The molecule has 0 amide bonds. The van der Waals surface area contributed by atoms with Crippen molar-refractivity contribution in [1.29, 1.82) is 0 Å². The van der Waals surface area contributed by atoms with Crippen molar-refractivity contribution < 1.29 is 13.2 Å². The molecule has 4 nitrogen and oxygen atoms in total. The molecule has 74 valence electrons. The average molecular weight is 211 g/mol. The number of ketones is 1. The highest BCUT2D eigenvalue weighted by atomic mass is 32.2. The van der Waals surface area contributed by atoms with Crippen LogP contribution in [0, 0.1) is 0 Å². The first-order chi connectivity index (χ1) is 6.48. The summed E-state index contributed by atoms with van der Waals surface area (Å²) in [5.74, 6) is 0.0487. The van der Waals surface area contributed by atoms with Gasteiger partial charge in [0.25, 0.3) is 0 Å².